The number of amides is 2. The molecule has 5 heteroatoms. The molecule has 130 valence electrons. The van der Waals surface area contributed by atoms with Gasteiger partial charge < -0.3 is 10.2 Å². The minimum atomic E-state index is -0.249. The normalized spacial score (nSPS) is 22.6. The van der Waals surface area contributed by atoms with Crippen molar-refractivity contribution in [3.8, 4) is 0 Å². The molecule has 0 aliphatic heterocycles. The molecule has 2 saturated carbocycles. The number of rotatable bonds is 7. The van der Waals surface area contributed by atoms with Crippen molar-refractivity contribution in [1.82, 2.24) is 10.2 Å². The fourth-order valence-electron chi connectivity index (χ4n) is 3.30. The van der Waals surface area contributed by atoms with Crippen LogP contribution in [0.1, 0.15) is 43.6 Å². The highest BCUT2D eigenvalue weighted by Crippen LogP contribution is 2.47. The summed E-state index contributed by atoms with van der Waals surface area (Å²) in [6.07, 6.45) is 4.81. The summed E-state index contributed by atoms with van der Waals surface area (Å²) >= 11 is 0. The van der Waals surface area contributed by atoms with Crippen molar-refractivity contribution in [3.05, 3.63) is 35.6 Å². The van der Waals surface area contributed by atoms with Gasteiger partial charge in [-0.05, 0) is 49.3 Å². The van der Waals surface area contributed by atoms with Crippen LogP contribution in [0.2, 0.25) is 0 Å². The van der Waals surface area contributed by atoms with Crippen LogP contribution in [0.15, 0.2) is 24.3 Å². The van der Waals surface area contributed by atoms with E-state index in [9.17, 15) is 14.0 Å². The van der Waals surface area contributed by atoms with Gasteiger partial charge in [0.2, 0.25) is 11.8 Å². The predicted octanol–water partition coefficient (Wildman–Crippen LogP) is 2.69. The molecule has 0 saturated heterocycles. The fraction of sp³-hybridized carbons (Fsp3) is 0.579. The van der Waals surface area contributed by atoms with Crippen LogP contribution in [0.5, 0.6) is 0 Å². The minimum absolute atomic E-state index is 0.00444. The zero-order valence-corrected chi connectivity index (χ0v) is 14.1. The van der Waals surface area contributed by atoms with Crippen LogP contribution in [0.25, 0.3) is 0 Å². The molecule has 0 unspecified atom stereocenters. The molecule has 2 atom stereocenters. The van der Waals surface area contributed by atoms with Crippen molar-refractivity contribution in [2.24, 2.45) is 11.8 Å². The number of carbonyl (C=O) groups excluding carboxylic acids is 2. The van der Waals surface area contributed by atoms with Crippen LogP contribution < -0.4 is 5.32 Å². The highest BCUT2D eigenvalue weighted by molar-refractivity contribution is 5.83. The van der Waals surface area contributed by atoms with Gasteiger partial charge in [-0.2, -0.15) is 0 Å². The van der Waals surface area contributed by atoms with Crippen LogP contribution in [0.4, 0.5) is 4.39 Å². The highest BCUT2D eigenvalue weighted by Gasteiger charge is 2.43. The van der Waals surface area contributed by atoms with Gasteiger partial charge in [0.15, 0.2) is 0 Å². The second-order valence-electron chi connectivity index (χ2n) is 7.03. The zero-order valence-electron chi connectivity index (χ0n) is 14.1. The molecule has 1 aromatic rings. The van der Waals surface area contributed by atoms with Crippen molar-refractivity contribution in [2.75, 3.05) is 20.1 Å². The molecule has 2 amide bonds. The quantitative estimate of drug-likeness (QED) is 0.781. The Kier molecular flexibility index (Phi) is 5.17. The Balaban J connectivity index is 1.33. The average Bonchev–Trinajstić information content (AvgIpc) is 3.30. The number of halogens is 1. The Morgan fingerprint density at radius 3 is 2.58 bits per heavy atom. The SMILES string of the molecule is CN(CCCNC(=O)[C@@H]1C[C@@H]1c1ccc(F)cc1)C(=O)C1CCC1. The van der Waals surface area contributed by atoms with Crippen molar-refractivity contribution >= 4 is 11.8 Å². The first kappa shape index (κ1) is 16.9. The molecule has 3 rings (SSSR count). The first-order valence-corrected chi connectivity index (χ1v) is 8.84. The summed E-state index contributed by atoms with van der Waals surface area (Å²) in [5, 5.41) is 2.96. The van der Waals surface area contributed by atoms with E-state index in [1.165, 1.54) is 12.1 Å². The second-order valence-corrected chi connectivity index (χ2v) is 7.03. The van der Waals surface area contributed by atoms with Gasteiger partial charge in [0.05, 0.1) is 0 Å². The lowest BCUT2D eigenvalue weighted by molar-refractivity contribution is -0.136. The maximum atomic E-state index is 12.9. The Bertz CT molecular complexity index is 598. The average molecular weight is 332 g/mol. The van der Waals surface area contributed by atoms with Gasteiger partial charge >= 0.3 is 0 Å². The van der Waals surface area contributed by atoms with E-state index < -0.39 is 0 Å². The number of hydrogen-bond donors (Lipinski definition) is 1. The summed E-state index contributed by atoms with van der Waals surface area (Å²) in [7, 11) is 1.84. The second kappa shape index (κ2) is 7.32. The van der Waals surface area contributed by atoms with E-state index in [-0.39, 0.29) is 35.4 Å². The van der Waals surface area contributed by atoms with Crippen molar-refractivity contribution in [1.29, 1.82) is 0 Å². The molecule has 0 aromatic heterocycles. The van der Waals surface area contributed by atoms with E-state index in [4.69, 9.17) is 0 Å². The van der Waals surface area contributed by atoms with Gasteiger partial charge in [0, 0.05) is 32.0 Å². The molecular formula is C19H25FN2O2. The topological polar surface area (TPSA) is 49.4 Å². The van der Waals surface area contributed by atoms with Crippen LogP contribution in [-0.4, -0.2) is 36.9 Å². The van der Waals surface area contributed by atoms with Crippen LogP contribution in [0, 0.1) is 17.7 Å². The molecule has 2 aliphatic rings. The summed E-state index contributed by atoms with van der Waals surface area (Å²) in [4.78, 5) is 25.9. The van der Waals surface area contributed by atoms with Crippen LogP contribution in [0.3, 0.4) is 0 Å². The zero-order chi connectivity index (χ0) is 17.1. The molecule has 2 fully saturated rings. The van der Waals surface area contributed by atoms with Gasteiger partial charge in [-0.25, -0.2) is 4.39 Å². The van der Waals surface area contributed by atoms with Gasteiger partial charge in [-0.3, -0.25) is 9.59 Å². The molecule has 24 heavy (non-hydrogen) atoms. The molecule has 0 radical (unpaired) electrons. The number of hydrogen-bond acceptors (Lipinski definition) is 2. The van der Waals surface area contributed by atoms with E-state index in [0.29, 0.717) is 13.1 Å². The Morgan fingerprint density at radius 2 is 1.96 bits per heavy atom. The van der Waals surface area contributed by atoms with Gasteiger partial charge in [-0.15, -0.1) is 0 Å². The molecule has 2 aliphatic carbocycles. The fourth-order valence-corrected chi connectivity index (χ4v) is 3.30. The van der Waals surface area contributed by atoms with E-state index >= 15 is 0 Å². The van der Waals surface area contributed by atoms with E-state index in [0.717, 1.165) is 37.7 Å². The number of carbonyl (C=O) groups is 2. The molecule has 0 spiro atoms. The monoisotopic (exact) mass is 332 g/mol. The third-order valence-corrected chi connectivity index (χ3v) is 5.23. The van der Waals surface area contributed by atoms with E-state index in [2.05, 4.69) is 5.32 Å². The van der Waals surface area contributed by atoms with Crippen LogP contribution in [-0.2, 0) is 9.59 Å². The molecular weight excluding hydrogens is 307 g/mol. The van der Waals surface area contributed by atoms with Crippen molar-refractivity contribution in [3.63, 3.8) is 0 Å². The lowest BCUT2D eigenvalue weighted by atomic mass is 9.84. The molecule has 1 aromatic carbocycles. The molecule has 0 bridgehead atoms. The molecule has 0 heterocycles. The Labute approximate surface area is 142 Å². The number of nitrogens with zero attached hydrogens (tertiary/aromatic N) is 1. The molecule has 1 N–H and O–H groups in total. The maximum absolute atomic E-state index is 12.9. The first-order valence-electron chi connectivity index (χ1n) is 8.84. The highest BCUT2D eigenvalue weighted by atomic mass is 19.1. The third kappa shape index (κ3) is 3.94. The summed E-state index contributed by atoms with van der Waals surface area (Å²) in [6, 6.07) is 6.40. The third-order valence-electron chi connectivity index (χ3n) is 5.23. The largest absolute Gasteiger partial charge is 0.356 e. The van der Waals surface area contributed by atoms with Crippen molar-refractivity contribution in [2.45, 2.75) is 38.0 Å². The smallest absolute Gasteiger partial charge is 0.225 e. The lowest BCUT2D eigenvalue weighted by Crippen LogP contribution is -2.38. The van der Waals surface area contributed by atoms with Crippen molar-refractivity contribution < 1.29 is 14.0 Å². The first-order chi connectivity index (χ1) is 11.6. The van der Waals surface area contributed by atoms with Crippen LogP contribution >= 0.6 is 0 Å². The standard InChI is InChI=1S/C19H25FN2O2/c1-22(19(24)14-4-2-5-14)11-3-10-21-18(23)17-12-16(17)13-6-8-15(20)9-7-13/h6-9,14,16-17H,2-5,10-12H2,1H3,(H,21,23)/t16-,17-/m1/s1. The Hall–Kier alpha value is -1.91. The van der Waals surface area contributed by atoms with Gasteiger partial charge in [-0.1, -0.05) is 18.6 Å². The summed E-state index contributed by atoms with van der Waals surface area (Å²) in [5.41, 5.74) is 1.03. The van der Waals surface area contributed by atoms with Gasteiger partial charge in [0.1, 0.15) is 5.82 Å². The summed E-state index contributed by atoms with van der Waals surface area (Å²) in [6.45, 7) is 1.27. The summed E-state index contributed by atoms with van der Waals surface area (Å²) in [5.74, 6) is 0.509. The minimum Gasteiger partial charge on any atom is -0.356 e. The maximum Gasteiger partial charge on any atom is 0.225 e. The summed E-state index contributed by atoms with van der Waals surface area (Å²) < 4.78 is 12.9. The van der Waals surface area contributed by atoms with E-state index in [1.807, 2.05) is 7.05 Å². The number of nitrogens with one attached hydrogen (secondary N) is 1. The van der Waals surface area contributed by atoms with Gasteiger partial charge in [0.25, 0.3) is 0 Å². The number of benzene rings is 1. The Morgan fingerprint density at radius 1 is 1.25 bits per heavy atom. The lowest BCUT2D eigenvalue weighted by Gasteiger charge is -2.29. The molecule has 4 nitrogen and oxygen atoms in total. The predicted molar refractivity (Wildman–Crippen MR) is 89.9 cm³/mol. The van der Waals surface area contributed by atoms with E-state index in [1.54, 1.807) is 17.0 Å².